The van der Waals surface area contributed by atoms with Crippen LogP contribution in [0.1, 0.15) is 22.7 Å². The van der Waals surface area contributed by atoms with Crippen LogP contribution >= 0.6 is 50.1 Å². The Bertz CT molecular complexity index is 677. The minimum Gasteiger partial charge on any atom is -0.493 e. The highest BCUT2D eigenvalue weighted by Gasteiger charge is 2.23. The fourth-order valence-electron chi connectivity index (χ4n) is 2.45. The Morgan fingerprint density at radius 2 is 2.05 bits per heavy atom. The summed E-state index contributed by atoms with van der Waals surface area (Å²) in [7, 11) is 0. The molecule has 2 nitrogen and oxygen atoms in total. The zero-order valence-electron chi connectivity index (χ0n) is 10.5. The Morgan fingerprint density at radius 1 is 1.25 bits per heavy atom. The molecule has 20 heavy (non-hydrogen) atoms. The van der Waals surface area contributed by atoms with Crippen LogP contribution in [-0.4, -0.2) is 6.61 Å². The molecule has 1 heterocycles. The van der Waals surface area contributed by atoms with E-state index >= 15 is 0 Å². The summed E-state index contributed by atoms with van der Waals surface area (Å²) in [5.74, 6) is 0.901. The van der Waals surface area contributed by atoms with Crippen molar-refractivity contribution in [2.24, 2.45) is 5.73 Å². The first-order valence-electron chi connectivity index (χ1n) is 6.22. The molecule has 2 N–H and O–H groups in total. The van der Waals surface area contributed by atoms with Crippen molar-refractivity contribution in [3.05, 3.63) is 60.1 Å². The van der Waals surface area contributed by atoms with Crippen LogP contribution in [0.4, 0.5) is 0 Å². The third-order valence-electron chi connectivity index (χ3n) is 3.41. The first-order valence-corrected chi connectivity index (χ1v) is 8.47. The molecule has 0 spiro atoms. The summed E-state index contributed by atoms with van der Waals surface area (Å²) < 4.78 is 7.89. The van der Waals surface area contributed by atoms with Gasteiger partial charge in [0, 0.05) is 25.0 Å². The second-order valence-corrected chi connectivity index (χ2v) is 7.24. The molecular weight excluding hydrogens is 452 g/mol. The predicted octanol–water partition coefficient (Wildman–Crippen LogP) is 4.69. The number of hydrogen-bond donors (Lipinski definition) is 1. The van der Waals surface area contributed by atoms with Gasteiger partial charge in [0.05, 0.1) is 12.6 Å². The van der Waals surface area contributed by atoms with Gasteiger partial charge in [0.1, 0.15) is 5.75 Å². The standard InChI is InChI=1S/C15H12BrClINO/c16-9-1-2-13(18)11(6-9)14(19)12-7-10(17)5-8-3-4-20-15(8)12/h1-2,5-7,14H,3-4,19H2. The van der Waals surface area contributed by atoms with E-state index in [1.54, 1.807) is 0 Å². The van der Waals surface area contributed by atoms with Crippen molar-refractivity contribution < 1.29 is 4.74 Å². The SMILES string of the molecule is NC(c1cc(Br)ccc1I)c1cc(Cl)cc2c1OCC2. The van der Waals surface area contributed by atoms with Crippen LogP contribution in [0.2, 0.25) is 5.02 Å². The van der Waals surface area contributed by atoms with Crippen LogP contribution in [0.15, 0.2) is 34.8 Å². The van der Waals surface area contributed by atoms with Gasteiger partial charge in [-0.3, -0.25) is 0 Å². The first-order chi connectivity index (χ1) is 9.56. The van der Waals surface area contributed by atoms with E-state index in [9.17, 15) is 0 Å². The van der Waals surface area contributed by atoms with E-state index in [2.05, 4.69) is 44.6 Å². The van der Waals surface area contributed by atoms with Crippen LogP contribution in [0.5, 0.6) is 5.75 Å². The number of fused-ring (bicyclic) bond motifs is 1. The van der Waals surface area contributed by atoms with Crippen molar-refractivity contribution in [2.45, 2.75) is 12.5 Å². The predicted molar refractivity (Wildman–Crippen MR) is 93.5 cm³/mol. The van der Waals surface area contributed by atoms with E-state index in [0.29, 0.717) is 11.6 Å². The summed E-state index contributed by atoms with van der Waals surface area (Å²) in [5, 5.41) is 0.713. The number of halogens is 3. The second-order valence-electron chi connectivity index (χ2n) is 4.73. The molecule has 0 fully saturated rings. The van der Waals surface area contributed by atoms with Gasteiger partial charge in [-0.2, -0.15) is 0 Å². The zero-order valence-corrected chi connectivity index (χ0v) is 15.0. The highest BCUT2D eigenvalue weighted by molar-refractivity contribution is 14.1. The Kier molecular flexibility index (Phi) is 4.26. The quantitative estimate of drug-likeness (QED) is 0.655. The van der Waals surface area contributed by atoms with Gasteiger partial charge in [0.15, 0.2) is 0 Å². The molecule has 0 aromatic heterocycles. The van der Waals surface area contributed by atoms with E-state index < -0.39 is 0 Å². The lowest BCUT2D eigenvalue weighted by molar-refractivity contribution is 0.352. The summed E-state index contributed by atoms with van der Waals surface area (Å²) in [6.07, 6.45) is 0.894. The van der Waals surface area contributed by atoms with Gasteiger partial charge in [-0.1, -0.05) is 27.5 Å². The van der Waals surface area contributed by atoms with Crippen molar-refractivity contribution >= 4 is 50.1 Å². The van der Waals surface area contributed by atoms with Gasteiger partial charge in [-0.05, 0) is 64.0 Å². The van der Waals surface area contributed by atoms with Gasteiger partial charge in [0.2, 0.25) is 0 Å². The highest BCUT2D eigenvalue weighted by Crippen LogP contribution is 2.39. The van der Waals surface area contributed by atoms with E-state index in [4.69, 9.17) is 22.1 Å². The number of rotatable bonds is 2. The third-order valence-corrected chi connectivity index (χ3v) is 5.10. The van der Waals surface area contributed by atoms with Crippen LogP contribution in [0, 0.1) is 3.57 Å². The van der Waals surface area contributed by atoms with Crippen molar-refractivity contribution in [2.75, 3.05) is 6.61 Å². The van der Waals surface area contributed by atoms with Gasteiger partial charge >= 0.3 is 0 Å². The fraction of sp³-hybridized carbons (Fsp3) is 0.200. The minimum atomic E-state index is -0.245. The summed E-state index contributed by atoms with van der Waals surface area (Å²) in [6.45, 7) is 0.699. The summed E-state index contributed by atoms with van der Waals surface area (Å²) >= 11 is 12.0. The Morgan fingerprint density at radius 3 is 2.85 bits per heavy atom. The summed E-state index contributed by atoms with van der Waals surface area (Å²) in [6, 6.07) is 9.74. The fourth-order valence-corrected chi connectivity index (χ4v) is 3.75. The Balaban J connectivity index is 2.11. The lowest BCUT2D eigenvalue weighted by Crippen LogP contribution is -2.14. The van der Waals surface area contributed by atoms with Crippen molar-refractivity contribution in [3.63, 3.8) is 0 Å². The average molecular weight is 465 g/mol. The van der Waals surface area contributed by atoms with E-state index in [1.165, 1.54) is 0 Å². The molecule has 104 valence electrons. The van der Waals surface area contributed by atoms with Crippen molar-refractivity contribution in [1.29, 1.82) is 0 Å². The summed E-state index contributed by atoms with van der Waals surface area (Å²) in [5.41, 5.74) is 9.64. The molecule has 1 atom stereocenters. The van der Waals surface area contributed by atoms with Crippen LogP contribution in [0.25, 0.3) is 0 Å². The molecule has 1 aliphatic rings. The van der Waals surface area contributed by atoms with Gasteiger partial charge in [0.25, 0.3) is 0 Å². The molecule has 1 unspecified atom stereocenters. The largest absolute Gasteiger partial charge is 0.493 e. The maximum absolute atomic E-state index is 6.46. The van der Waals surface area contributed by atoms with Gasteiger partial charge in [-0.15, -0.1) is 0 Å². The molecule has 0 amide bonds. The molecule has 0 saturated carbocycles. The molecule has 2 aromatic carbocycles. The van der Waals surface area contributed by atoms with Crippen LogP contribution in [-0.2, 0) is 6.42 Å². The smallest absolute Gasteiger partial charge is 0.127 e. The molecule has 5 heteroatoms. The lowest BCUT2D eigenvalue weighted by Gasteiger charge is -2.18. The first kappa shape index (κ1) is 14.6. The number of nitrogens with two attached hydrogens (primary N) is 1. The van der Waals surface area contributed by atoms with Crippen LogP contribution < -0.4 is 10.5 Å². The number of ether oxygens (including phenoxy) is 1. The lowest BCUT2D eigenvalue weighted by atomic mass is 9.96. The normalized spacial score (nSPS) is 14.8. The molecule has 3 rings (SSSR count). The molecule has 0 saturated heterocycles. The second kappa shape index (κ2) is 5.83. The van der Waals surface area contributed by atoms with E-state index in [-0.39, 0.29) is 6.04 Å². The Hall–Kier alpha value is -0.300. The van der Waals surface area contributed by atoms with E-state index in [1.807, 2.05) is 24.3 Å². The maximum Gasteiger partial charge on any atom is 0.127 e. The molecule has 1 aliphatic heterocycles. The maximum atomic E-state index is 6.46. The zero-order chi connectivity index (χ0) is 14.3. The third kappa shape index (κ3) is 2.71. The number of benzene rings is 2. The molecule has 0 bridgehead atoms. The van der Waals surface area contributed by atoms with E-state index in [0.717, 1.165) is 36.9 Å². The average Bonchev–Trinajstić information content (AvgIpc) is 2.87. The monoisotopic (exact) mass is 463 g/mol. The molecule has 2 aromatic rings. The molecular formula is C15H12BrClINO. The summed E-state index contributed by atoms with van der Waals surface area (Å²) in [4.78, 5) is 0. The van der Waals surface area contributed by atoms with Gasteiger partial charge < -0.3 is 10.5 Å². The van der Waals surface area contributed by atoms with Gasteiger partial charge in [-0.25, -0.2) is 0 Å². The molecule has 0 aliphatic carbocycles. The van der Waals surface area contributed by atoms with Crippen molar-refractivity contribution in [3.8, 4) is 5.75 Å². The minimum absolute atomic E-state index is 0.245. The van der Waals surface area contributed by atoms with Crippen LogP contribution in [0.3, 0.4) is 0 Å². The number of hydrogen-bond acceptors (Lipinski definition) is 2. The topological polar surface area (TPSA) is 35.2 Å². The highest BCUT2D eigenvalue weighted by atomic mass is 127. The van der Waals surface area contributed by atoms with Crippen molar-refractivity contribution in [1.82, 2.24) is 0 Å². The Labute approximate surface area is 144 Å². The molecule has 0 radical (unpaired) electrons.